The van der Waals surface area contributed by atoms with Crippen LogP contribution in [0.15, 0.2) is 36.4 Å². The van der Waals surface area contributed by atoms with Crippen LogP contribution in [0.3, 0.4) is 0 Å². The Kier molecular flexibility index (Phi) is 4.12. The fraction of sp³-hybridized carbons (Fsp3) is 0.143. The van der Waals surface area contributed by atoms with E-state index < -0.39 is 5.82 Å². The van der Waals surface area contributed by atoms with E-state index in [1.54, 1.807) is 31.4 Å². The highest BCUT2D eigenvalue weighted by Gasteiger charge is 2.05. The molecule has 0 amide bonds. The summed E-state index contributed by atoms with van der Waals surface area (Å²) in [6, 6.07) is 9.65. The van der Waals surface area contributed by atoms with Crippen LogP contribution >= 0.6 is 11.6 Å². The van der Waals surface area contributed by atoms with E-state index in [0.717, 1.165) is 0 Å². The van der Waals surface area contributed by atoms with Crippen molar-refractivity contribution in [2.45, 2.75) is 6.61 Å². The molecule has 0 saturated heterocycles. The van der Waals surface area contributed by atoms with Gasteiger partial charge in [0, 0.05) is 6.07 Å². The highest BCUT2D eigenvalue weighted by atomic mass is 35.5. The van der Waals surface area contributed by atoms with Gasteiger partial charge in [-0.2, -0.15) is 0 Å². The Balaban J connectivity index is 2.07. The van der Waals surface area contributed by atoms with Gasteiger partial charge in [0.1, 0.15) is 23.9 Å². The highest BCUT2D eigenvalue weighted by Crippen LogP contribution is 2.27. The van der Waals surface area contributed by atoms with Crippen LogP contribution in [-0.2, 0) is 6.61 Å². The van der Waals surface area contributed by atoms with Crippen molar-refractivity contribution < 1.29 is 13.9 Å². The molecule has 2 aromatic carbocycles. The quantitative estimate of drug-likeness (QED) is 0.870. The first-order valence-corrected chi connectivity index (χ1v) is 5.98. The number of nitrogens with two attached hydrogens (primary N) is 1. The molecule has 2 rings (SSSR count). The number of rotatable bonds is 4. The standard InChI is InChI=1S/C14H13ClFNO2/c1-18-10-3-5-14(13(17)7-10)19-8-9-2-4-11(15)12(16)6-9/h2-7H,8,17H2,1H3. The summed E-state index contributed by atoms with van der Waals surface area (Å²) >= 11 is 5.61. The number of methoxy groups -OCH3 is 1. The normalized spacial score (nSPS) is 10.3. The molecule has 0 fully saturated rings. The highest BCUT2D eigenvalue weighted by molar-refractivity contribution is 6.30. The van der Waals surface area contributed by atoms with Crippen LogP contribution < -0.4 is 15.2 Å². The van der Waals surface area contributed by atoms with E-state index in [1.807, 2.05) is 0 Å². The van der Waals surface area contributed by atoms with Gasteiger partial charge in [-0.1, -0.05) is 17.7 Å². The van der Waals surface area contributed by atoms with Crippen molar-refractivity contribution in [2.24, 2.45) is 0 Å². The lowest BCUT2D eigenvalue weighted by Gasteiger charge is -2.10. The van der Waals surface area contributed by atoms with Gasteiger partial charge in [-0.25, -0.2) is 4.39 Å². The molecule has 0 atom stereocenters. The maximum atomic E-state index is 13.3. The van der Waals surface area contributed by atoms with E-state index in [9.17, 15) is 4.39 Å². The fourth-order valence-electron chi connectivity index (χ4n) is 1.58. The maximum Gasteiger partial charge on any atom is 0.142 e. The Hall–Kier alpha value is -1.94. The monoisotopic (exact) mass is 281 g/mol. The zero-order valence-corrected chi connectivity index (χ0v) is 11.1. The predicted molar refractivity (Wildman–Crippen MR) is 73.1 cm³/mol. The Morgan fingerprint density at radius 1 is 1.21 bits per heavy atom. The second-order valence-corrected chi connectivity index (χ2v) is 4.35. The van der Waals surface area contributed by atoms with Crippen molar-refractivity contribution in [1.82, 2.24) is 0 Å². The summed E-state index contributed by atoms with van der Waals surface area (Å²) in [5, 5.41) is 0.0905. The molecule has 100 valence electrons. The lowest BCUT2D eigenvalue weighted by atomic mass is 10.2. The molecule has 0 bridgehead atoms. The van der Waals surface area contributed by atoms with Gasteiger partial charge in [0.05, 0.1) is 17.8 Å². The average molecular weight is 282 g/mol. The first kappa shape index (κ1) is 13.5. The molecule has 0 aliphatic rings. The molecular weight excluding hydrogens is 269 g/mol. The zero-order valence-electron chi connectivity index (χ0n) is 10.3. The average Bonchev–Trinajstić information content (AvgIpc) is 2.41. The van der Waals surface area contributed by atoms with Gasteiger partial charge in [0.15, 0.2) is 0 Å². The van der Waals surface area contributed by atoms with Crippen LogP contribution in [0.5, 0.6) is 11.5 Å². The van der Waals surface area contributed by atoms with Crippen molar-refractivity contribution >= 4 is 17.3 Å². The summed E-state index contributed by atoms with van der Waals surface area (Å²) in [5.41, 5.74) is 6.96. The maximum absolute atomic E-state index is 13.3. The minimum atomic E-state index is -0.467. The number of anilines is 1. The molecule has 0 aliphatic heterocycles. The van der Waals surface area contributed by atoms with Crippen LogP contribution in [0, 0.1) is 5.82 Å². The zero-order chi connectivity index (χ0) is 13.8. The molecule has 0 unspecified atom stereocenters. The van der Waals surface area contributed by atoms with E-state index in [-0.39, 0.29) is 11.6 Å². The molecule has 3 nitrogen and oxygen atoms in total. The number of nitrogen functional groups attached to an aromatic ring is 1. The fourth-order valence-corrected chi connectivity index (χ4v) is 1.69. The second kappa shape index (κ2) is 5.80. The summed E-state index contributed by atoms with van der Waals surface area (Å²) in [6.07, 6.45) is 0. The van der Waals surface area contributed by atoms with Crippen LogP contribution in [0.2, 0.25) is 5.02 Å². The van der Waals surface area contributed by atoms with Gasteiger partial charge < -0.3 is 15.2 Å². The van der Waals surface area contributed by atoms with Gasteiger partial charge in [-0.3, -0.25) is 0 Å². The molecule has 0 heterocycles. The van der Waals surface area contributed by atoms with Gasteiger partial charge >= 0.3 is 0 Å². The third kappa shape index (κ3) is 3.29. The molecule has 0 aromatic heterocycles. The van der Waals surface area contributed by atoms with Gasteiger partial charge in [0.2, 0.25) is 0 Å². The number of benzene rings is 2. The lowest BCUT2D eigenvalue weighted by Crippen LogP contribution is -1.99. The van der Waals surface area contributed by atoms with Crippen molar-refractivity contribution in [3.63, 3.8) is 0 Å². The van der Waals surface area contributed by atoms with E-state index in [2.05, 4.69) is 0 Å². The summed E-state index contributed by atoms with van der Waals surface area (Å²) in [6.45, 7) is 0.213. The van der Waals surface area contributed by atoms with Crippen molar-refractivity contribution in [3.8, 4) is 11.5 Å². The first-order valence-electron chi connectivity index (χ1n) is 5.60. The van der Waals surface area contributed by atoms with Crippen molar-refractivity contribution in [2.75, 3.05) is 12.8 Å². The number of hydrogen-bond acceptors (Lipinski definition) is 3. The first-order chi connectivity index (χ1) is 9.10. The van der Waals surface area contributed by atoms with E-state index in [4.69, 9.17) is 26.8 Å². The molecular formula is C14H13ClFNO2. The molecule has 19 heavy (non-hydrogen) atoms. The second-order valence-electron chi connectivity index (χ2n) is 3.94. The van der Waals surface area contributed by atoms with E-state index in [1.165, 1.54) is 12.1 Å². The Labute approximate surface area is 115 Å². The summed E-state index contributed by atoms with van der Waals surface area (Å²) < 4.78 is 23.8. The molecule has 2 N–H and O–H groups in total. The summed E-state index contributed by atoms with van der Waals surface area (Å²) in [4.78, 5) is 0. The smallest absolute Gasteiger partial charge is 0.142 e. The molecule has 2 aromatic rings. The van der Waals surface area contributed by atoms with Crippen LogP contribution in [-0.4, -0.2) is 7.11 Å². The van der Waals surface area contributed by atoms with Crippen molar-refractivity contribution in [3.05, 3.63) is 52.8 Å². The predicted octanol–water partition coefficient (Wildman–Crippen LogP) is 3.65. The molecule has 0 spiro atoms. The topological polar surface area (TPSA) is 44.5 Å². The lowest BCUT2D eigenvalue weighted by molar-refractivity contribution is 0.306. The van der Waals surface area contributed by atoms with Gasteiger partial charge in [-0.15, -0.1) is 0 Å². The minimum Gasteiger partial charge on any atom is -0.497 e. The van der Waals surface area contributed by atoms with Gasteiger partial charge in [-0.05, 0) is 29.8 Å². The van der Waals surface area contributed by atoms with Crippen LogP contribution in [0.25, 0.3) is 0 Å². The van der Waals surface area contributed by atoms with E-state index in [0.29, 0.717) is 22.7 Å². The Bertz CT molecular complexity index is 590. The van der Waals surface area contributed by atoms with E-state index >= 15 is 0 Å². The number of ether oxygens (including phenoxy) is 2. The number of hydrogen-bond donors (Lipinski definition) is 1. The Morgan fingerprint density at radius 3 is 2.63 bits per heavy atom. The Morgan fingerprint density at radius 2 is 2.00 bits per heavy atom. The number of halogens is 2. The molecule has 0 aliphatic carbocycles. The minimum absolute atomic E-state index is 0.0905. The van der Waals surface area contributed by atoms with Crippen LogP contribution in [0.4, 0.5) is 10.1 Å². The molecule has 0 saturated carbocycles. The van der Waals surface area contributed by atoms with Crippen LogP contribution in [0.1, 0.15) is 5.56 Å². The third-order valence-corrected chi connectivity index (χ3v) is 2.90. The van der Waals surface area contributed by atoms with Gasteiger partial charge in [0.25, 0.3) is 0 Å². The molecule has 0 radical (unpaired) electrons. The third-order valence-electron chi connectivity index (χ3n) is 2.60. The summed E-state index contributed by atoms with van der Waals surface area (Å²) in [5.74, 6) is 0.712. The SMILES string of the molecule is COc1ccc(OCc2ccc(Cl)c(F)c2)c(N)c1. The largest absolute Gasteiger partial charge is 0.497 e. The molecule has 5 heteroatoms. The van der Waals surface area contributed by atoms with Crippen molar-refractivity contribution in [1.29, 1.82) is 0 Å². The summed E-state index contributed by atoms with van der Waals surface area (Å²) in [7, 11) is 1.56.